The highest BCUT2D eigenvalue weighted by atomic mass is 16.5. The van der Waals surface area contributed by atoms with E-state index in [-0.39, 0.29) is 12.6 Å². The van der Waals surface area contributed by atoms with E-state index in [1.807, 2.05) is 25.7 Å². The Bertz CT molecular complexity index is 150. The van der Waals surface area contributed by atoms with Crippen LogP contribution in [0.3, 0.4) is 0 Å². The largest absolute Gasteiger partial charge is 0.480 e. The number of carbonyl (C=O) groups is 1. The van der Waals surface area contributed by atoms with Crippen molar-refractivity contribution in [2.75, 3.05) is 26.3 Å². The molecule has 0 saturated heterocycles. The van der Waals surface area contributed by atoms with Crippen LogP contribution in [0.2, 0.25) is 0 Å². The Labute approximate surface area is 79.5 Å². The lowest BCUT2D eigenvalue weighted by molar-refractivity contribution is -0.139. The zero-order valence-electron chi connectivity index (χ0n) is 8.62. The second-order valence-electron chi connectivity index (χ2n) is 2.97. The average molecular weight is 189 g/mol. The van der Waals surface area contributed by atoms with Gasteiger partial charge in [0.1, 0.15) is 0 Å². The summed E-state index contributed by atoms with van der Waals surface area (Å²) in [6.45, 7) is 7.95. The highest BCUT2D eigenvalue weighted by Gasteiger charge is 2.14. The lowest BCUT2D eigenvalue weighted by Crippen LogP contribution is -2.39. The van der Waals surface area contributed by atoms with Gasteiger partial charge in [0, 0.05) is 12.6 Å². The fourth-order valence-electron chi connectivity index (χ4n) is 1.15. The van der Waals surface area contributed by atoms with E-state index in [4.69, 9.17) is 9.84 Å². The fraction of sp³-hybridized carbons (Fsp3) is 0.889. The molecule has 4 heteroatoms. The van der Waals surface area contributed by atoms with Gasteiger partial charge in [-0.3, -0.25) is 9.69 Å². The predicted molar refractivity (Wildman–Crippen MR) is 50.8 cm³/mol. The average Bonchev–Trinajstić information content (AvgIpc) is 2.09. The Morgan fingerprint density at radius 2 is 2.15 bits per heavy atom. The van der Waals surface area contributed by atoms with Crippen molar-refractivity contribution in [2.45, 2.75) is 26.8 Å². The number of ether oxygens (including phenoxy) is 1. The van der Waals surface area contributed by atoms with Gasteiger partial charge in [0.2, 0.25) is 0 Å². The van der Waals surface area contributed by atoms with Crippen molar-refractivity contribution in [3.63, 3.8) is 0 Å². The molecule has 0 aliphatic heterocycles. The van der Waals surface area contributed by atoms with Gasteiger partial charge in [-0.25, -0.2) is 0 Å². The van der Waals surface area contributed by atoms with Crippen molar-refractivity contribution in [1.29, 1.82) is 0 Å². The molecule has 4 nitrogen and oxygen atoms in total. The van der Waals surface area contributed by atoms with E-state index in [0.29, 0.717) is 13.2 Å². The van der Waals surface area contributed by atoms with E-state index in [0.717, 1.165) is 6.54 Å². The van der Waals surface area contributed by atoms with Gasteiger partial charge in [0.05, 0.1) is 13.2 Å². The van der Waals surface area contributed by atoms with Gasteiger partial charge in [0.15, 0.2) is 0 Å². The highest BCUT2D eigenvalue weighted by Crippen LogP contribution is 1.98. The number of rotatable bonds is 7. The molecule has 0 aromatic heterocycles. The van der Waals surface area contributed by atoms with E-state index >= 15 is 0 Å². The first-order valence-electron chi connectivity index (χ1n) is 4.65. The number of carboxylic acid groups (broad SMARTS) is 1. The molecule has 0 aromatic carbocycles. The van der Waals surface area contributed by atoms with Crippen LogP contribution in [0.25, 0.3) is 0 Å². The van der Waals surface area contributed by atoms with Crippen LogP contribution in [-0.2, 0) is 9.53 Å². The lowest BCUT2D eigenvalue weighted by Gasteiger charge is -2.25. The fourth-order valence-corrected chi connectivity index (χ4v) is 1.15. The SMILES string of the molecule is CCOCC(C)N(CC)CC(=O)O. The summed E-state index contributed by atoms with van der Waals surface area (Å²) in [5, 5.41) is 8.61. The van der Waals surface area contributed by atoms with Crippen LogP contribution in [0.15, 0.2) is 0 Å². The molecule has 0 bridgehead atoms. The number of aliphatic carboxylic acids is 1. The molecule has 0 spiro atoms. The molecule has 13 heavy (non-hydrogen) atoms. The predicted octanol–water partition coefficient (Wildman–Crippen LogP) is 0.818. The number of likely N-dealkylation sites (N-methyl/N-ethyl adjacent to an activating group) is 1. The van der Waals surface area contributed by atoms with Crippen LogP contribution >= 0.6 is 0 Å². The Hall–Kier alpha value is -0.610. The molecular formula is C9H19NO3. The maximum atomic E-state index is 10.5. The second-order valence-corrected chi connectivity index (χ2v) is 2.97. The summed E-state index contributed by atoms with van der Waals surface area (Å²) in [7, 11) is 0. The Morgan fingerprint density at radius 3 is 2.54 bits per heavy atom. The van der Waals surface area contributed by atoms with Crippen molar-refractivity contribution in [3.8, 4) is 0 Å². The number of carboxylic acids is 1. The van der Waals surface area contributed by atoms with Gasteiger partial charge >= 0.3 is 5.97 Å². The van der Waals surface area contributed by atoms with E-state index in [1.54, 1.807) is 0 Å². The van der Waals surface area contributed by atoms with E-state index in [1.165, 1.54) is 0 Å². The van der Waals surface area contributed by atoms with Gasteiger partial charge in [0.25, 0.3) is 0 Å². The topological polar surface area (TPSA) is 49.8 Å². The van der Waals surface area contributed by atoms with Gasteiger partial charge in [-0.2, -0.15) is 0 Å². The standard InChI is InChI=1S/C9H19NO3/c1-4-10(6-9(11)12)8(3)7-13-5-2/h8H,4-7H2,1-3H3,(H,11,12). The first-order chi connectivity index (χ1) is 6.11. The molecule has 0 aliphatic carbocycles. The monoisotopic (exact) mass is 189 g/mol. The van der Waals surface area contributed by atoms with Gasteiger partial charge in [-0.05, 0) is 20.4 Å². The molecule has 0 aromatic rings. The molecule has 1 N–H and O–H groups in total. The zero-order valence-corrected chi connectivity index (χ0v) is 8.62. The molecule has 0 amide bonds. The van der Waals surface area contributed by atoms with Crippen LogP contribution < -0.4 is 0 Å². The minimum absolute atomic E-state index is 0.0880. The minimum atomic E-state index is -0.787. The molecule has 0 aliphatic rings. The summed E-state index contributed by atoms with van der Waals surface area (Å²) >= 11 is 0. The minimum Gasteiger partial charge on any atom is -0.480 e. The van der Waals surface area contributed by atoms with Gasteiger partial charge in [-0.15, -0.1) is 0 Å². The van der Waals surface area contributed by atoms with Crippen molar-refractivity contribution >= 4 is 5.97 Å². The molecule has 0 heterocycles. The molecule has 1 unspecified atom stereocenters. The van der Waals surface area contributed by atoms with Gasteiger partial charge in [-0.1, -0.05) is 6.92 Å². The maximum Gasteiger partial charge on any atom is 0.317 e. The van der Waals surface area contributed by atoms with E-state index in [2.05, 4.69) is 0 Å². The molecular weight excluding hydrogens is 170 g/mol. The molecule has 78 valence electrons. The quantitative estimate of drug-likeness (QED) is 0.644. The highest BCUT2D eigenvalue weighted by molar-refractivity contribution is 5.69. The maximum absolute atomic E-state index is 10.5. The molecule has 0 saturated carbocycles. The first-order valence-corrected chi connectivity index (χ1v) is 4.65. The summed E-state index contributed by atoms with van der Waals surface area (Å²) < 4.78 is 5.23. The second kappa shape index (κ2) is 6.86. The normalized spacial score (nSPS) is 13.2. The van der Waals surface area contributed by atoms with Crippen molar-refractivity contribution in [2.24, 2.45) is 0 Å². The van der Waals surface area contributed by atoms with Crippen molar-refractivity contribution in [3.05, 3.63) is 0 Å². The molecule has 0 radical (unpaired) electrons. The van der Waals surface area contributed by atoms with E-state index < -0.39 is 5.97 Å². The summed E-state index contributed by atoms with van der Waals surface area (Å²) in [5.41, 5.74) is 0. The third-order valence-corrected chi connectivity index (χ3v) is 1.93. The van der Waals surface area contributed by atoms with Crippen LogP contribution in [0.4, 0.5) is 0 Å². The van der Waals surface area contributed by atoms with E-state index in [9.17, 15) is 4.79 Å². The number of hydrogen-bond acceptors (Lipinski definition) is 3. The molecule has 0 rings (SSSR count). The Balaban J connectivity index is 3.84. The lowest BCUT2D eigenvalue weighted by atomic mass is 10.3. The van der Waals surface area contributed by atoms with Crippen LogP contribution in [0.1, 0.15) is 20.8 Å². The third-order valence-electron chi connectivity index (χ3n) is 1.93. The van der Waals surface area contributed by atoms with Crippen LogP contribution in [-0.4, -0.2) is 48.3 Å². The molecule has 0 fully saturated rings. The summed E-state index contributed by atoms with van der Waals surface area (Å²) in [6.07, 6.45) is 0. The smallest absolute Gasteiger partial charge is 0.317 e. The Morgan fingerprint density at radius 1 is 1.54 bits per heavy atom. The summed E-state index contributed by atoms with van der Waals surface area (Å²) in [5.74, 6) is -0.787. The van der Waals surface area contributed by atoms with Crippen molar-refractivity contribution in [1.82, 2.24) is 4.90 Å². The zero-order chi connectivity index (χ0) is 10.3. The third kappa shape index (κ3) is 5.60. The van der Waals surface area contributed by atoms with Crippen LogP contribution in [0.5, 0.6) is 0 Å². The molecule has 1 atom stereocenters. The van der Waals surface area contributed by atoms with Crippen LogP contribution in [0, 0.1) is 0 Å². The number of hydrogen-bond donors (Lipinski definition) is 1. The summed E-state index contributed by atoms with van der Waals surface area (Å²) in [4.78, 5) is 12.3. The first kappa shape index (κ1) is 12.4. The van der Waals surface area contributed by atoms with Crippen molar-refractivity contribution < 1.29 is 14.6 Å². The summed E-state index contributed by atoms with van der Waals surface area (Å²) in [6, 6.07) is 0.168. The Kier molecular flexibility index (Phi) is 6.54. The van der Waals surface area contributed by atoms with Gasteiger partial charge < -0.3 is 9.84 Å². The number of nitrogens with zero attached hydrogens (tertiary/aromatic N) is 1.